The summed E-state index contributed by atoms with van der Waals surface area (Å²) >= 11 is 0. The number of amides is 1. The van der Waals surface area contributed by atoms with Gasteiger partial charge in [0.25, 0.3) is 5.91 Å². The largest absolute Gasteiger partial charge is 0.471 e. The van der Waals surface area contributed by atoms with Crippen LogP contribution in [0, 0.1) is 0 Å². The standard InChI is InChI=1S/C9H11N4O6P/c1-10-8(14)7-4-18-9(12-7)6-2-11-13(3-6)5-19-20(15,16)17/h2-4H,5H2,1H3,(H,10,14)(H2,15,16,17). The fourth-order valence-electron chi connectivity index (χ4n) is 1.32. The van der Waals surface area contributed by atoms with Gasteiger partial charge in [-0.25, -0.2) is 14.2 Å². The lowest BCUT2D eigenvalue weighted by Gasteiger charge is -2.03. The minimum Gasteiger partial charge on any atom is -0.444 e. The van der Waals surface area contributed by atoms with Crippen molar-refractivity contribution in [3.05, 3.63) is 24.4 Å². The molecule has 0 spiro atoms. The summed E-state index contributed by atoms with van der Waals surface area (Å²) in [5, 5.41) is 6.22. The van der Waals surface area contributed by atoms with Crippen LogP contribution < -0.4 is 5.32 Å². The monoisotopic (exact) mass is 302 g/mol. The molecular weight excluding hydrogens is 291 g/mol. The van der Waals surface area contributed by atoms with Crippen LogP contribution >= 0.6 is 7.82 Å². The molecule has 0 bridgehead atoms. The Balaban J connectivity index is 2.10. The van der Waals surface area contributed by atoms with Gasteiger partial charge in [-0.3, -0.25) is 9.32 Å². The van der Waals surface area contributed by atoms with E-state index in [1.54, 1.807) is 0 Å². The average molecular weight is 302 g/mol. The average Bonchev–Trinajstić information content (AvgIpc) is 3.03. The Bertz CT molecular complexity index is 659. The molecule has 0 atom stereocenters. The Morgan fingerprint density at radius 1 is 1.60 bits per heavy atom. The molecule has 3 N–H and O–H groups in total. The number of phosphoric ester groups is 1. The fourth-order valence-corrected chi connectivity index (χ4v) is 1.59. The highest BCUT2D eigenvalue weighted by atomic mass is 31.2. The van der Waals surface area contributed by atoms with Crippen molar-refractivity contribution in [1.29, 1.82) is 0 Å². The zero-order chi connectivity index (χ0) is 14.8. The van der Waals surface area contributed by atoms with Crippen molar-refractivity contribution in [2.45, 2.75) is 6.73 Å². The Kier molecular flexibility index (Phi) is 4.00. The Morgan fingerprint density at radius 3 is 3.00 bits per heavy atom. The van der Waals surface area contributed by atoms with E-state index in [0.29, 0.717) is 5.56 Å². The lowest BCUT2D eigenvalue weighted by Crippen LogP contribution is -2.17. The molecule has 0 aliphatic heterocycles. The van der Waals surface area contributed by atoms with E-state index < -0.39 is 20.5 Å². The predicted octanol–water partition coefficient (Wildman–Crippen LogP) is -0.0355. The summed E-state index contributed by atoms with van der Waals surface area (Å²) in [6.45, 7) is -0.423. The van der Waals surface area contributed by atoms with Crippen molar-refractivity contribution in [3.8, 4) is 11.5 Å². The van der Waals surface area contributed by atoms with Crippen molar-refractivity contribution in [3.63, 3.8) is 0 Å². The highest BCUT2D eigenvalue weighted by Crippen LogP contribution is 2.36. The molecule has 2 heterocycles. The second-order valence-electron chi connectivity index (χ2n) is 3.63. The quantitative estimate of drug-likeness (QED) is 0.654. The molecule has 108 valence electrons. The Morgan fingerprint density at radius 2 is 2.35 bits per heavy atom. The Labute approximate surface area is 112 Å². The van der Waals surface area contributed by atoms with Crippen molar-refractivity contribution in [2.24, 2.45) is 0 Å². The fraction of sp³-hybridized carbons (Fsp3) is 0.222. The first kappa shape index (κ1) is 14.4. The summed E-state index contributed by atoms with van der Waals surface area (Å²) in [5.41, 5.74) is 0.552. The maximum absolute atomic E-state index is 11.3. The van der Waals surface area contributed by atoms with E-state index in [1.807, 2.05) is 0 Å². The van der Waals surface area contributed by atoms with E-state index in [2.05, 4.69) is 19.9 Å². The zero-order valence-electron chi connectivity index (χ0n) is 10.3. The number of carbonyl (C=O) groups is 1. The highest BCUT2D eigenvalue weighted by molar-refractivity contribution is 7.46. The molecule has 2 aromatic heterocycles. The number of oxazole rings is 1. The van der Waals surface area contributed by atoms with E-state index in [0.717, 1.165) is 4.68 Å². The SMILES string of the molecule is CNC(=O)c1coc(-c2cnn(COP(=O)(O)O)c2)n1. The van der Waals surface area contributed by atoms with Crippen LogP contribution in [0.1, 0.15) is 10.5 Å². The molecule has 0 saturated heterocycles. The molecule has 2 aromatic rings. The molecule has 2 rings (SSSR count). The van der Waals surface area contributed by atoms with Crippen LogP contribution in [-0.2, 0) is 15.8 Å². The van der Waals surface area contributed by atoms with Crippen LogP contribution in [0.25, 0.3) is 11.5 Å². The number of hydrogen-bond donors (Lipinski definition) is 3. The van der Waals surface area contributed by atoms with Crippen molar-refractivity contribution >= 4 is 13.7 Å². The number of rotatable bonds is 5. The minimum absolute atomic E-state index is 0.113. The molecule has 0 saturated carbocycles. The van der Waals surface area contributed by atoms with Gasteiger partial charge in [-0.2, -0.15) is 5.10 Å². The smallest absolute Gasteiger partial charge is 0.444 e. The number of nitrogens with zero attached hydrogens (tertiary/aromatic N) is 3. The number of nitrogens with one attached hydrogen (secondary N) is 1. The van der Waals surface area contributed by atoms with Crippen LogP contribution in [0.2, 0.25) is 0 Å². The van der Waals surface area contributed by atoms with E-state index in [4.69, 9.17) is 14.2 Å². The van der Waals surface area contributed by atoms with Gasteiger partial charge in [-0.1, -0.05) is 0 Å². The van der Waals surface area contributed by atoms with Crippen LogP contribution in [-0.4, -0.2) is 37.5 Å². The first-order valence-corrected chi connectivity index (χ1v) is 6.82. The molecule has 1 amide bonds. The van der Waals surface area contributed by atoms with Gasteiger partial charge < -0.3 is 19.5 Å². The third kappa shape index (κ3) is 3.52. The van der Waals surface area contributed by atoms with Gasteiger partial charge in [0.15, 0.2) is 12.4 Å². The predicted molar refractivity (Wildman–Crippen MR) is 64.2 cm³/mol. The van der Waals surface area contributed by atoms with Gasteiger partial charge in [-0.15, -0.1) is 0 Å². The number of hydrogen-bond acceptors (Lipinski definition) is 6. The summed E-state index contributed by atoms with van der Waals surface area (Å²) in [6.07, 6.45) is 3.97. The molecule has 10 nitrogen and oxygen atoms in total. The van der Waals surface area contributed by atoms with Gasteiger partial charge in [0.05, 0.1) is 11.8 Å². The van der Waals surface area contributed by atoms with E-state index in [-0.39, 0.29) is 11.6 Å². The summed E-state index contributed by atoms with van der Waals surface area (Å²) in [6, 6.07) is 0. The molecule has 0 aromatic carbocycles. The molecule has 0 fully saturated rings. The summed E-state index contributed by atoms with van der Waals surface area (Å²) in [4.78, 5) is 32.4. The first-order chi connectivity index (χ1) is 9.39. The third-order valence-corrected chi connectivity index (χ3v) is 2.65. The lowest BCUT2D eigenvalue weighted by molar-refractivity contribution is 0.0958. The van der Waals surface area contributed by atoms with Crippen molar-refractivity contribution in [1.82, 2.24) is 20.1 Å². The van der Waals surface area contributed by atoms with Gasteiger partial charge in [0.2, 0.25) is 5.89 Å². The summed E-state index contributed by atoms with van der Waals surface area (Å²) in [5.74, 6) is -0.233. The molecule has 20 heavy (non-hydrogen) atoms. The Hall–Kier alpha value is -2.00. The molecule has 0 radical (unpaired) electrons. The minimum atomic E-state index is -4.56. The van der Waals surface area contributed by atoms with E-state index >= 15 is 0 Å². The number of aromatic nitrogens is 3. The number of phosphoric acid groups is 1. The van der Waals surface area contributed by atoms with E-state index in [9.17, 15) is 9.36 Å². The molecular formula is C9H11N4O6P. The van der Waals surface area contributed by atoms with Crippen LogP contribution in [0.3, 0.4) is 0 Å². The molecule has 0 aliphatic carbocycles. The van der Waals surface area contributed by atoms with Crippen LogP contribution in [0.5, 0.6) is 0 Å². The molecule has 0 aliphatic rings. The van der Waals surface area contributed by atoms with Crippen molar-refractivity contribution in [2.75, 3.05) is 7.05 Å². The van der Waals surface area contributed by atoms with Crippen LogP contribution in [0.4, 0.5) is 0 Å². The second-order valence-corrected chi connectivity index (χ2v) is 4.87. The summed E-state index contributed by atoms with van der Waals surface area (Å²) < 4.78 is 21.1. The maximum Gasteiger partial charge on any atom is 0.471 e. The van der Waals surface area contributed by atoms with Crippen LogP contribution in [0.15, 0.2) is 23.1 Å². The normalized spacial score (nSPS) is 11.6. The molecule has 0 unspecified atom stereocenters. The second kappa shape index (κ2) is 5.55. The molecule has 11 heteroatoms. The topological polar surface area (TPSA) is 140 Å². The van der Waals surface area contributed by atoms with Gasteiger partial charge >= 0.3 is 7.82 Å². The van der Waals surface area contributed by atoms with E-state index in [1.165, 1.54) is 25.7 Å². The third-order valence-electron chi connectivity index (χ3n) is 2.20. The lowest BCUT2D eigenvalue weighted by atomic mass is 10.3. The van der Waals surface area contributed by atoms with Gasteiger partial charge in [-0.05, 0) is 0 Å². The maximum atomic E-state index is 11.3. The van der Waals surface area contributed by atoms with Crippen molar-refractivity contribution < 1.29 is 28.1 Å². The zero-order valence-corrected chi connectivity index (χ0v) is 11.1. The van der Waals surface area contributed by atoms with Gasteiger partial charge in [0.1, 0.15) is 6.26 Å². The summed E-state index contributed by atoms with van der Waals surface area (Å²) in [7, 11) is -3.09. The highest BCUT2D eigenvalue weighted by Gasteiger charge is 2.16. The number of carbonyl (C=O) groups excluding carboxylic acids is 1. The van der Waals surface area contributed by atoms with Gasteiger partial charge in [0, 0.05) is 13.2 Å². The first-order valence-electron chi connectivity index (χ1n) is 5.29.